The molecule has 0 saturated heterocycles. The highest BCUT2D eigenvalue weighted by Gasteiger charge is 2.03. The lowest BCUT2D eigenvalue weighted by molar-refractivity contribution is 0.368. The Labute approximate surface area is 115 Å². The predicted molar refractivity (Wildman–Crippen MR) is 71.2 cm³/mol. The van der Waals surface area contributed by atoms with Gasteiger partial charge in [-0.1, -0.05) is 12.1 Å². The van der Waals surface area contributed by atoms with Crippen LogP contribution in [0.15, 0.2) is 42.5 Å². The van der Waals surface area contributed by atoms with E-state index in [2.05, 4.69) is 5.32 Å². The summed E-state index contributed by atoms with van der Waals surface area (Å²) in [5.41, 5.74) is 1.01. The van der Waals surface area contributed by atoms with Gasteiger partial charge in [0.15, 0.2) is 6.61 Å². The zero-order valence-corrected chi connectivity index (χ0v) is 10.6. The SMILES string of the molecule is N#CCOc1ccc(CNc2cc(F)ccc2F)cc1. The number of hydrogen-bond acceptors (Lipinski definition) is 3. The molecular weight excluding hydrogens is 262 g/mol. The number of nitriles is 1. The fraction of sp³-hybridized carbons (Fsp3) is 0.133. The van der Waals surface area contributed by atoms with Crippen LogP contribution >= 0.6 is 0 Å². The average Bonchev–Trinajstić information content (AvgIpc) is 2.47. The molecule has 2 rings (SSSR count). The normalized spacial score (nSPS) is 9.85. The van der Waals surface area contributed by atoms with Crippen LogP contribution in [0.1, 0.15) is 5.56 Å². The van der Waals surface area contributed by atoms with Gasteiger partial charge in [0.2, 0.25) is 0 Å². The van der Waals surface area contributed by atoms with Crippen molar-refractivity contribution in [3.8, 4) is 11.8 Å². The van der Waals surface area contributed by atoms with E-state index in [9.17, 15) is 8.78 Å². The van der Waals surface area contributed by atoms with E-state index >= 15 is 0 Å². The van der Waals surface area contributed by atoms with E-state index in [1.165, 1.54) is 0 Å². The Morgan fingerprint density at radius 3 is 2.55 bits per heavy atom. The largest absolute Gasteiger partial charge is 0.479 e. The molecule has 0 bridgehead atoms. The van der Waals surface area contributed by atoms with Crippen molar-refractivity contribution < 1.29 is 13.5 Å². The van der Waals surface area contributed by atoms with Gasteiger partial charge in [0.25, 0.3) is 0 Å². The third-order valence-electron chi connectivity index (χ3n) is 2.64. The van der Waals surface area contributed by atoms with E-state index in [4.69, 9.17) is 10.00 Å². The van der Waals surface area contributed by atoms with Crippen LogP contribution in [0.5, 0.6) is 5.75 Å². The Bertz CT molecular complexity index is 621. The fourth-order valence-corrected chi connectivity index (χ4v) is 1.65. The standard InChI is InChI=1S/C15H12F2N2O/c16-12-3-6-14(17)15(9-12)19-10-11-1-4-13(5-2-11)20-8-7-18/h1-6,9,19H,8,10H2. The predicted octanol–water partition coefficient (Wildman–Crippen LogP) is 3.48. The molecule has 0 aromatic heterocycles. The van der Waals surface area contributed by atoms with E-state index in [1.807, 2.05) is 6.07 Å². The molecule has 0 aliphatic rings. The second-order valence-corrected chi connectivity index (χ2v) is 4.07. The summed E-state index contributed by atoms with van der Waals surface area (Å²) in [5.74, 6) is -0.401. The summed E-state index contributed by atoms with van der Waals surface area (Å²) in [5, 5.41) is 11.2. The van der Waals surface area contributed by atoms with Crippen LogP contribution in [-0.2, 0) is 6.54 Å². The summed E-state index contributed by atoms with van der Waals surface area (Å²) in [6.07, 6.45) is 0. The van der Waals surface area contributed by atoms with Crippen LogP contribution in [0.3, 0.4) is 0 Å². The molecule has 0 radical (unpaired) electrons. The second-order valence-electron chi connectivity index (χ2n) is 4.07. The van der Waals surface area contributed by atoms with Crippen molar-refractivity contribution in [2.24, 2.45) is 0 Å². The van der Waals surface area contributed by atoms with Crippen molar-refractivity contribution in [3.05, 3.63) is 59.7 Å². The Kier molecular flexibility index (Phi) is 4.51. The summed E-state index contributed by atoms with van der Waals surface area (Å²) in [4.78, 5) is 0. The molecule has 0 amide bonds. The third-order valence-corrected chi connectivity index (χ3v) is 2.64. The van der Waals surface area contributed by atoms with Crippen LogP contribution in [0.25, 0.3) is 0 Å². The quantitative estimate of drug-likeness (QED) is 0.907. The van der Waals surface area contributed by atoms with Gasteiger partial charge in [0.05, 0.1) is 5.69 Å². The Morgan fingerprint density at radius 1 is 1.10 bits per heavy atom. The van der Waals surface area contributed by atoms with Gasteiger partial charge in [0, 0.05) is 6.54 Å². The van der Waals surface area contributed by atoms with Crippen molar-refractivity contribution in [2.45, 2.75) is 6.54 Å². The van der Waals surface area contributed by atoms with Gasteiger partial charge in [-0.15, -0.1) is 0 Å². The van der Waals surface area contributed by atoms with Crippen LogP contribution in [-0.4, -0.2) is 6.61 Å². The van der Waals surface area contributed by atoms with Crippen molar-refractivity contribution in [1.29, 1.82) is 5.26 Å². The lowest BCUT2D eigenvalue weighted by Crippen LogP contribution is -2.02. The van der Waals surface area contributed by atoms with Gasteiger partial charge in [-0.25, -0.2) is 8.78 Å². The van der Waals surface area contributed by atoms with Crippen molar-refractivity contribution in [1.82, 2.24) is 0 Å². The monoisotopic (exact) mass is 274 g/mol. The smallest absolute Gasteiger partial charge is 0.174 e. The highest BCUT2D eigenvalue weighted by Crippen LogP contribution is 2.17. The zero-order valence-electron chi connectivity index (χ0n) is 10.6. The molecule has 0 heterocycles. The first-order valence-corrected chi connectivity index (χ1v) is 5.96. The maximum atomic E-state index is 13.4. The number of benzene rings is 2. The molecule has 0 fully saturated rings. The molecule has 3 nitrogen and oxygen atoms in total. The Morgan fingerprint density at radius 2 is 1.85 bits per heavy atom. The van der Waals surface area contributed by atoms with Gasteiger partial charge >= 0.3 is 0 Å². The number of hydrogen-bond donors (Lipinski definition) is 1. The highest BCUT2D eigenvalue weighted by atomic mass is 19.1. The molecular formula is C15H12F2N2O. The summed E-state index contributed by atoms with van der Waals surface area (Å²) in [7, 11) is 0. The zero-order chi connectivity index (χ0) is 14.4. The van der Waals surface area contributed by atoms with Crippen LogP contribution in [0, 0.1) is 23.0 Å². The maximum absolute atomic E-state index is 13.4. The number of ether oxygens (including phenoxy) is 1. The van der Waals surface area contributed by atoms with Crippen molar-refractivity contribution >= 4 is 5.69 Å². The van der Waals surface area contributed by atoms with Crippen molar-refractivity contribution in [2.75, 3.05) is 11.9 Å². The average molecular weight is 274 g/mol. The van der Waals surface area contributed by atoms with Gasteiger partial charge in [0.1, 0.15) is 23.5 Å². The number of halogens is 2. The molecule has 5 heteroatoms. The molecule has 0 aliphatic heterocycles. The molecule has 0 aliphatic carbocycles. The third kappa shape index (κ3) is 3.69. The van der Waals surface area contributed by atoms with Crippen LogP contribution < -0.4 is 10.1 Å². The second kappa shape index (κ2) is 6.53. The first kappa shape index (κ1) is 13.8. The fourth-order valence-electron chi connectivity index (χ4n) is 1.65. The maximum Gasteiger partial charge on any atom is 0.174 e. The van der Waals surface area contributed by atoms with Gasteiger partial charge < -0.3 is 10.1 Å². The number of nitrogens with one attached hydrogen (secondary N) is 1. The first-order valence-electron chi connectivity index (χ1n) is 5.96. The first-order chi connectivity index (χ1) is 9.69. The molecule has 2 aromatic rings. The highest BCUT2D eigenvalue weighted by molar-refractivity contribution is 5.45. The van der Waals surface area contributed by atoms with Crippen LogP contribution in [0.4, 0.5) is 14.5 Å². The summed E-state index contributed by atoms with van der Waals surface area (Å²) in [6, 6.07) is 12.2. The molecule has 0 spiro atoms. The van der Waals surface area contributed by atoms with E-state index in [-0.39, 0.29) is 12.3 Å². The molecule has 0 saturated carbocycles. The van der Waals surface area contributed by atoms with Crippen LogP contribution in [0.2, 0.25) is 0 Å². The van der Waals surface area contributed by atoms with E-state index in [1.54, 1.807) is 24.3 Å². The Hall–Kier alpha value is -2.61. The lowest BCUT2D eigenvalue weighted by atomic mass is 10.2. The number of rotatable bonds is 5. The van der Waals surface area contributed by atoms with Gasteiger partial charge in [-0.3, -0.25) is 0 Å². The number of nitrogens with zero attached hydrogens (tertiary/aromatic N) is 1. The molecule has 20 heavy (non-hydrogen) atoms. The topological polar surface area (TPSA) is 45.0 Å². The lowest BCUT2D eigenvalue weighted by Gasteiger charge is -2.08. The minimum absolute atomic E-state index is 0.00784. The summed E-state index contributed by atoms with van der Waals surface area (Å²) in [6.45, 7) is 0.352. The minimum Gasteiger partial charge on any atom is -0.479 e. The molecule has 0 atom stereocenters. The van der Waals surface area contributed by atoms with Gasteiger partial charge in [-0.2, -0.15) is 5.26 Å². The molecule has 0 unspecified atom stereocenters. The van der Waals surface area contributed by atoms with E-state index in [0.717, 1.165) is 23.8 Å². The summed E-state index contributed by atoms with van der Waals surface area (Å²) >= 11 is 0. The van der Waals surface area contributed by atoms with Crippen molar-refractivity contribution in [3.63, 3.8) is 0 Å². The molecule has 102 valence electrons. The Balaban J connectivity index is 1.97. The van der Waals surface area contributed by atoms with E-state index in [0.29, 0.717) is 12.3 Å². The van der Waals surface area contributed by atoms with E-state index < -0.39 is 11.6 Å². The molecule has 2 aromatic carbocycles. The minimum atomic E-state index is -0.500. The number of anilines is 1. The van der Waals surface area contributed by atoms with Gasteiger partial charge in [-0.05, 0) is 35.9 Å². The summed E-state index contributed by atoms with van der Waals surface area (Å²) < 4.78 is 31.5. The molecule has 1 N–H and O–H groups in total.